The summed E-state index contributed by atoms with van der Waals surface area (Å²) in [5.74, 6) is 0.0833. The summed E-state index contributed by atoms with van der Waals surface area (Å²) < 4.78 is 0. The predicted octanol–water partition coefficient (Wildman–Crippen LogP) is 2.49. The summed E-state index contributed by atoms with van der Waals surface area (Å²) in [6, 6.07) is 0. The van der Waals surface area contributed by atoms with Crippen LogP contribution in [0.4, 0.5) is 0 Å². The van der Waals surface area contributed by atoms with Gasteiger partial charge in [0.1, 0.15) is 0 Å². The third-order valence-electron chi connectivity index (χ3n) is 0.862. The molecule has 0 atom stereocenters. The van der Waals surface area contributed by atoms with Gasteiger partial charge in [-0.25, -0.2) is 0 Å². The lowest BCUT2D eigenvalue weighted by atomic mass is 10.6. The van der Waals surface area contributed by atoms with E-state index in [2.05, 4.69) is 0 Å². The van der Waals surface area contributed by atoms with E-state index in [-0.39, 0.29) is 5.78 Å². The lowest BCUT2D eigenvalue weighted by molar-refractivity contribution is -0.110. The zero-order valence-corrected chi connectivity index (χ0v) is 7.06. The van der Waals surface area contributed by atoms with Crippen LogP contribution in [0.25, 0.3) is 0 Å². The number of hydrogen-bond donors (Lipinski definition) is 0. The fourth-order valence-corrected chi connectivity index (χ4v) is 0.611. The standard InChI is InChI=1S/C9H14O/c1-7(2)5-9(10)6-8(3)4/h5-6H,1-4H3/i7+1,8+1,9+1. The topological polar surface area (TPSA) is 17.1 Å². The van der Waals surface area contributed by atoms with Crippen LogP contribution in [-0.4, -0.2) is 5.78 Å². The van der Waals surface area contributed by atoms with Crippen LogP contribution < -0.4 is 0 Å². The zero-order chi connectivity index (χ0) is 8.15. The van der Waals surface area contributed by atoms with Gasteiger partial charge in [-0.1, -0.05) is 11.1 Å². The Bertz CT molecular complexity index is 157. The Hall–Kier alpha value is -0.850. The van der Waals surface area contributed by atoms with E-state index in [1.54, 1.807) is 12.2 Å². The molecule has 1 nitrogen and oxygen atoms in total. The molecule has 0 aliphatic rings. The van der Waals surface area contributed by atoms with Gasteiger partial charge in [0.2, 0.25) is 0 Å². The molecule has 0 bridgehead atoms. The van der Waals surface area contributed by atoms with Gasteiger partial charge in [0, 0.05) is 0 Å². The molecule has 0 radical (unpaired) electrons. The molecule has 0 aliphatic carbocycles. The molecule has 0 aromatic heterocycles. The highest BCUT2D eigenvalue weighted by molar-refractivity contribution is 5.99. The summed E-state index contributed by atoms with van der Waals surface area (Å²) in [7, 11) is 0. The van der Waals surface area contributed by atoms with Crippen molar-refractivity contribution in [2.45, 2.75) is 27.7 Å². The van der Waals surface area contributed by atoms with E-state index in [4.69, 9.17) is 0 Å². The molecule has 56 valence electrons. The van der Waals surface area contributed by atoms with Crippen molar-refractivity contribution in [3.63, 3.8) is 0 Å². The van der Waals surface area contributed by atoms with Crippen LogP contribution in [0.1, 0.15) is 27.7 Å². The number of hydrogen-bond acceptors (Lipinski definition) is 1. The molecule has 0 amide bonds. The van der Waals surface area contributed by atoms with E-state index in [0.29, 0.717) is 0 Å². The summed E-state index contributed by atoms with van der Waals surface area (Å²) in [6.07, 6.45) is 3.26. The molecule has 0 heterocycles. The highest BCUT2D eigenvalue weighted by atomic mass is 16.2. The van der Waals surface area contributed by atoms with Gasteiger partial charge in [-0.2, -0.15) is 0 Å². The molecule has 10 heavy (non-hydrogen) atoms. The molecule has 0 rings (SSSR count). The molecule has 0 saturated heterocycles. The van der Waals surface area contributed by atoms with Gasteiger partial charge in [0.05, 0.1) is 0 Å². The molecule has 0 fully saturated rings. The third-order valence-corrected chi connectivity index (χ3v) is 0.862. The second-order valence-corrected chi connectivity index (χ2v) is 2.85. The number of ketones is 1. The quantitative estimate of drug-likeness (QED) is 0.426. The first-order valence-electron chi connectivity index (χ1n) is 3.36. The zero-order valence-electron chi connectivity index (χ0n) is 7.06. The largest absolute Gasteiger partial charge is 0.290 e. The monoisotopic (exact) mass is 141 g/mol. The first kappa shape index (κ1) is 9.15. The van der Waals surface area contributed by atoms with Crippen molar-refractivity contribution in [1.29, 1.82) is 0 Å². The van der Waals surface area contributed by atoms with Crippen molar-refractivity contribution in [3.05, 3.63) is 23.3 Å². The van der Waals surface area contributed by atoms with Crippen LogP contribution in [0.2, 0.25) is 0 Å². The molecule has 0 N–H and O–H groups in total. The third kappa shape index (κ3) is 5.29. The summed E-state index contributed by atoms with van der Waals surface area (Å²) in [5.41, 5.74) is 2.09. The molecule has 0 aromatic rings. The maximum atomic E-state index is 10.9. The fourth-order valence-electron chi connectivity index (χ4n) is 0.611. The van der Waals surface area contributed by atoms with E-state index >= 15 is 0 Å². The Balaban J connectivity index is 4.14. The minimum absolute atomic E-state index is 0.0833. The van der Waals surface area contributed by atoms with Crippen LogP contribution in [0.3, 0.4) is 0 Å². The minimum atomic E-state index is 0.0833. The number of allylic oxidation sites excluding steroid dienone is 4. The lowest BCUT2D eigenvalue weighted by Crippen LogP contribution is -1.87. The molecule has 0 saturated carbocycles. The van der Waals surface area contributed by atoms with Gasteiger partial charge in [-0.05, 0) is 39.8 Å². The number of carbonyl (C=O) groups excluding carboxylic acids is 1. The van der Waals surface area contributed by atoms with Gasteiger partial charge in [-0.15, -0.1) is 0 Å². The second-order valence-electron chi connectivity index (χ2n) is 2.85. The maximum Gasteiger partial charge on any atom is 0.178 e. The van der Waals surface area contributed by atoms with Crippen LogP contribution in [0, 0.1) is 0 Å². The Morgan fingerprint density at radius 3 is 1.40 bits per heavy atom. The highest BCUT2D eigenvalue weighted by Gasteiger charge is 1.89. The first-order chi connectivity index (χ1) is 4.52. The Morgan fingerprint density at radius 2 is 1.20 bits per heavy atom. The van der Waals surface area contributed by atoms with Crippen molar-refractivity contribution < 1.29 is 4.79 Å². The SMILES string of the molecule is C[13C](C)=C[13C](=O)C=[13C](C)C. The van der Waals surface area contributed by atoms with Gasteiger partial charge >= 0.3 is 0 Å². The van der Waals surface area contributed by atoms with Gasteiger partial charge < -0.3 is 0 Å². The molecule has 0 spiro atoms. The Labute approximate surface area is 62.4 Å². The Morgan fingerprint density at radius 1 is 0.900 bits per heavy atom. The van der Waals surface area contributed by atoms with E-state index in [1.807, 2.05) is 27.7 Å². The van der Waals surface area contributed by atoms with E-state index in [9.17, 15) is 4.79 Å². The normalized spacial score (nSPS) is 8.40. The molecule has 0 unspecified atom stereocenters. The van der Waals surface area contributed by atoms with Gasteiger partial charge in [-0.3, -0.25) is 4.79 Å². The number of rotatable bonds is 2. The highest BCUT2D eigenvalue weighted by Crippen LogP contribution is 1.94. The van der Waals surface area contributed by atoms with E-state index in [1.165, 1.54) is 0 Å². The van der Waals surface area contributed by atoms with Crippen LogP contribution in [-0.2, 0) is 4.79 Å². The van der Waals surface area contributed by atoms with Crippen molar-refractivity contribution in [2.24, 2.45) is 0 Å². The average Bonchev–Trinajstić information content (AvgIpc) is 1.58. The van der Waals surface area contributed by atoms with E-state index in [0.717, 1.165) is 11.1 Å². The lowest BCUT2D eigenvalue weighted by Gasteiger charge is -1.87. The summed E-state index contributed by atoms with van der Waals surface area (Å²) >= 11 is 0. The maximum absolute atomic E-state index is 10.9. The molecule has 0 aromatic carbocycles. The van der Waals surface area contributed by atoms with Crippen molar-refractivity contribution in [3.8, 4) is 0 Å². The van der Waals surface area contributed by atoms with Crippen LogP contribution in [0.15, 0.2) is 23.3 Å². The van der Waals surface area contributed by atoms with Crippen LogP contribution in [0.5, 0.6) is 0 Å². The van der Waals surface area contributed by atoms with Gasteiger partial charge in [0.25, 0.3) is 0 Å². The first-order valence-corrected chi connectivity index (χ1v) is 3.36. The molecule has 1 heteroatoms. The minimum Gasteiger partial charge on any atom is -0.290 e. The smallest absolute Gasteiger partial charge is 0.178 e. The van der Waals surface area contributed by atoms with Crippen molar-refractivity contribution in [1.82, 2.24) is 0 Å². The average molecular weight is 141 g/mol. The molecular weight excluding hydrogens is 127 g/mol. The van der Waals surface area contributed by atoms with E-state index < -0.39 is 0 Å². The summed E-state index contributed by atoms with van der Waals surface area (Å²) in [5, 5.41) is 0. The molecule has 0 aliphatic heterocycles. The Kier molecular flexibility index (Phi) is 3.70. The van der Waals surface area contributed by atoms with Gasteiger partial charge in [0.15, 0.2) is 5.78 Å². The van der Waals surface area contributed by atoms with Crippen molar-refractivity contribution in [2.75, 3.05) is 0 Å². The predicted molar refractivity (Wildman–Crippen MR) is 43.9 cm³/mol. The second kappa shape index (κ2) is 4.04. The van der Waals surface area contributed by atoms with Crippen LogP contribution >= 0.6 is 0 Å². The summed E-state index contributed by atoms with van der Waals surface area (Å²) in [4.78, 5) is 10.9. The molecular formula is C9H14O. The van der Waals surface area contributed by atoms with Crippen molar-refractivity contribution >= 4 is 5.78 Å². The fraction of sp³-hybridized carbons (Fsp3) is 0.444. The summed E-state index contributed by atoms with van der Waals surface area (Å²) in [6.45, 7) is 7.65. The number of carbonyl (C=O) groups is 1.